The maximum absolute atomic E-state index is 12.1. The number of nitrogens with zero attached hydrogens (tertiary/aromatic N) is 4. The van der Waals surface area contributed by atoms with E-state index in [1.54, 1.807) is 0 Å². The van der Waals surface area contributed by atoms with E-state index in [4.69, 9.17) is 11.6 Å². The molecule has 0 saturated carbocycles. The van der Waals surface area contributed by atoms with Crippen LogP contribution in [0.3, 0.4) is 0 Å². The lowest BCUT2D eigenvalue weighted by molar-refractivity contribution is -0.144. The molecule has 0 saturated heterocycles. The predicted octanol–water partition coefficient (Wildman–Crippen LogP) is 1.80. The molecule has 14 heavy (non-hydrogen) atoms. The molecule has 8 heteroatoms. The van der Waals surface area contributed by atoms with Gasteiger partial charge in [0, 0.05) is 6.20 Å². The smallest absolute Gasteiger partial charge is 0.219 e. The highest BCUT2D eigenvalue weighted by atomic mass is 35.5. The lowest BCUT2D eigenvalue weighted by atomic mass is 10.6. The molecule has 0 N–H and O–H groups in total. The van der Waals surface area contributed by atoms with Crippen molar-refractivity contribution < 1.29 is 13.2 Å². The molecule has 0 radical (unpaired) electrons. The van der Waals surface area contributed by atoms with Crippen molar-refractivity contribution >= 4 is 17.4 Å². The van der Waals surface area contributed by atoms with Gasteiger partial charge in [0.15, 0.2) is 0 Å². The van der Waals surface area contributed by atoms with Crippen molar-refractivity contribution in [1.29, 1.82) is 0 Å². The Morgan fingerprint density at radius 1 is 1.36 bits per heavy atom. The molecule has 2 aromatic rings. The molecule has 0 fully saturated rings. The molecular weight excluding hydrogens is 221 g/mol. The molecule has 0 bridgehead atoms. The highest BCUT2D eigenvalue weighted by molar-refractivity contribution is 6.29. The van der Waals surface area contributed by atoms with Crippen LogP contribution in [-0.2, 0) is 6.18 Å². The summed E-state index contributed by atoms with van der Waals surface area (Å²) in [6, 6.07) is 1.32. The summed E-state index contributed by atoms with van der Waals surface area (Å²) in [5.74, 6) is -1.43. The van der Waals surface area contributed by atoms with Crippen LogP contribution in [-0.4, -0.2) is 19.6 Å². The monoisotopic (exact) mass is 222 g/mol. The van der Waals surface area contributed by atoms with E-state index in [0.717, 1.165) is 4.52 Å². The fraction of sp³-hybridized carbons (Fsp3) is 0.167. The third-order valence-corrected chi connectivity index (χ3v) is 1.73. The van der Waals surface area contributed by atoms with Gasteiger partial charge in [-0.15, -0.1) is 5.10 Å². The van der Waals surface area contributed by atoms with Gasteiger partial charge >= 0.3 is 6.18 Å². The quantitative estimate of drug-likeness (QED) is 0.639. The molecular formula is C6H2ClF3N4. The van der Waals surface area contributed by atoms with Gasteiger partial charge in [0.25, 0.3) is 11.6 Å². The molecule has 0 amide bonds. The van der Waals surface area contributed by atoms with E-state index in [0.29, 0.717) is 0 Å². The number of alkyl halides is 3. The van der Waals surface area contributed by atoms with Gasteiger partial charge in [-0.25, -0.2) is 4.98 Å². The minimum absolute atomic E-state index is 0.0259. The summed E-state index contributed by atoms with van der Waals surface area (Å²) in [7, 11) is 0. The number of halogens is 4. The molecule has 0 aliphatic heterocycles. The highest BCUT2D eigenvalue weighted by Gasteiger charge is 2.36. The molecule has 2 heterocycles. The molecule has 0 spiro atoms. The largest absolute Gasteiger partial charge is 0.453 e. The van der Waals surface area contributed by atoms with E-state index in [1.165, 1.54) is 12.3 Å². The Morgan fingerprint density at radius 2 is 2.07 bits per heavy atom. The average Bonchev–Trinajstić information content (AvgIpc) is 2.48. The van der Waals surface area contributed by atoms with E-state index in [-0.39, 0.29) is 10.9 Å². The molecule has 0 aliphatic carbocycles. The lowest BCUT2D eigenvalue weighted by Gasteiger charge is -1.96. The highest BCUT2D eigenvalue weighted by Crippen LogP contribution is 2.26. The maximum atomic E-state index is 12.1. The van der Waals surface area contributed by atoms with Gasteiger partial charge in [0.1, 0.15) is 5.15 Å². The van der Waals surface area contributed by atoms with Crippen molar-refractivity contribution in [3.8, 4) is 0 Å². The summed E-state index contributed by atoms with van der Waals surface area (Å²) in [5, 5.41) is 3.20. The van der Waals surface area contributed by atoms with E-state index >= 15 is 0 Å². The Hall–Kier alpha value is -1.37. The summed E-state index contributed by atoms with van der Waals surface area (Å²) in [6.45, 7) is 0. The maximum Gasteiger partial charge on any atom is 0.453 e. The summed E-state index contributed by atoms with van der Waals surface area (Å²) < 4.78 is 37.3. The lowest BCUT2D eigenvalue weighted by Crippen LogP contribution is -2.07. The Kier molecular flexibility index (Phi) is 1.84. The van der Waals surface area contributed by atoms with Crippen molar-refractivity contribution in [1.82, 2.24) is 19.6 Å². The number of rotatable bonds is 0. The second-order valence-electron chi connectivity index (χ2n) is 2.41. The van der Waals surface area contributed by atoms with Gasteiger partial charge in [0.2, 0.25) is 0 Å². The molecule has 0 aliphatic rings. The first kappa shape index (κ1) is 9.20. The van der Waals surface area contributed by atoms with Crippen LogP contribution in [0.25, 0.3) is 5.78 Å². The molecule has 0 aromatic carbocycles. The topological polar surface area (TPSA) is 43.1 Å². The predicted molar refractivity (Wildman–Crippen MR) is 40.8 cm³/mol. The number of aromatic nitrogens is 4. The van der Waals surface area contributed by atoms with Gasteiger partial charge in [-0.1, -0.05) is 11.6 Å². The number of hydrogen-bond acceptors (Lipinski definition) is 3. The van der Waals surface area contributed by atoms with E-state index in [2.05, 4.69) is 15.1 Å². The van der Waals surface area contributed by atoms with Crippen molar-refractivity contribution in [3.63, 3.8) is 0 Å². The Bertz CT molecular complexity index is 477. The second kappa shape index (κ2) is 2.81. The molecule has 2 rings (SSSR count). The summed E-state index contributed by atoms with van der Waals surface area (Å²) in [5.41, 5.74) is 0. The van der Waals surface area contributed by atoms with Gasteiger partial charge in [-0.2, -0.15) is 22.7 Å². The normalized spacial score (nSPS) is 12.3. The first-order valence-corrected chi connectivity index (χ1v) is 3.81. The first-order valence-electron chi connectivity index (χ1n) is 3.43. The van der Waals surface area contributed by atoms with Gasteiger partial charge in [-0.3, -0.25) is 0 Å². The Balaban J connectivity index is 2.69. The van der Waals surface area contributed by atoms with Crippen LogP contribution in [0.5, 0.6) is 0 Å². The number of fused-ring (bicyclic) bond motifs is 1. The van der Waals surface area contributed by atoms with Gasteiger partial charge in [0.05, 0.1) is 0 Å². The summed E-state index contributed by atoms with van der Waals surface area (Å²) in [6.07, 6.45) is -3.33. The van der Waals surface area contributed by atoms with Crippen LogP contribution >= 0.6 is 11.6 Å². The van der Waals surface area contributed by atoms with E-state index in [1.807, 2.05) is 0 Å². The fourth-order valence-electron chi connectivity index (χ4n) is 0.887. The van der Waals surface area contributed by atoms with Crippen molar-refractivity contribution in [2.45, 2.75) is 6.18 Å². The van der Waals surface area contributed by atoms with Gasteiger partial charge in [-0.05, 0) is 6.07 Å². The zero-order chi connectivity index (χ0) is 10.3. The molecule has 4 nitrogen and oxygen atoms in total. The van der Waals surface area contributed by atoms with Crippen molar-refractivity contribution in [3.05, 3.63) is 23.2 Å². The van der Waals surface area contributed by atoms with Crippen LogP contribution < -0.4 is 0 Å². The van der Waals surface area contributed by atoms with Gasteiger partial charge < -0.3 is 0 Å². The zero-order valence-corrected chi connectivity index (χ0v) is 7.21. The fourth-order valence-corrected chi connectivity index (χ4v) is 1.06. The Labute approximate surface area is 80.3 Å². The third kappa shape index (κ3) is 1.39. The SMILES string of the molecule is FC(F)(F)c1nc2nccc(Cl)n2n1. The van der Waals surface area contributed by atoms with Crippen molar-refractivity contribution in [2.24, 2.45) is 0 Å². The molecule has 74 valence electrons. The molecule has 2 aromatic heterocycles. The Morgan fingerprint density at radius 3 is 2.64 bits per heavy atom. The zero-order valence-electron chi connectivity index (χ0n) is 6.46. The van der Waals surface area contributed by atoms with Crippen LogP contribution in [0.1, 0.15) is 5.82 Å². The van der Waals surface area contributed by atoms with Crippen LogP contribution in [0, 0.1) is 0 Å². The molecule has 0 atom stereocenters. The first-order chi connectivity index (χ1) is 6.48. The third-order valence-electron chi connectivity index (χ3n) is 1.45. The number of hydrogen-bond donors (Lipinski definition) is 0. The van der Waals surface area contributed by atoms with E-state index < -0.39 is 12.0 Å². The minimum atomic E-state index is -4.59. The molecule has 0 unspecified atom stereocenters. The van der Waals surface area contributed by atoms with Crippen molar-refractivity contribution in [2.75, 3.05) is 0 Å². The summed E-state index contributed by atoms with van der Waals surface area (Å²) >= 11 is 5.57. The van der Waals surface area contributed by atoms with Crippen LogP contribution in [0.4, 0.5) is 13.2 Å². The average molecular weight is 223 g/mol. The summed E-state index contributed by atoms with van der Waals surface area (Å²) in [4.78, 5) is 6.76. The second-order valence-corrected chi connectivity index (χ2v) is 2.80. The van der Waals surface area contributed by atoms with Crippen LogP contribution in [0.2, 0.25) is 5.15 Å². The van der Waals surface area contributed by atoms with Crippen LogP contribution in [0.15, 0.2) is 12.3 Å². The standard InChI is InChI=1S/C6H2ClF3N4/c7-3-1-2-11-5-12-4(6(8,9)10)13-14(3)5/h1-2H. The van der Waals surface area contributed by atoms with E-state index in [9.17, 15) is 13.2 Å². The minimum Gasteiger partial charge on any atom is -0.219 e.